The number of carboxylic acids is 1. The minimum atomic E-state index is -1.59. The third-order valence-electron chi connectivity index (χ3n) is 5.74. The molecule has 13 heteroatoms. The number of ether oxygens (including phenoxy) is 1. The average Bonchev–Trinajstić information content (AvgIpc) is 3.20. The molecule has 13 nitrogen and oxygen atoms in total. The highest BCUT2D eigenvalue weighted by atomic mass is 16.5. The van der Waals surface area contributed by atoms with E-state index in [0.717, 1.165) is 13.0 Å². The number of carboxylic acid groups (broad SMARTS) is 1. The number of imide groups is 1. The monoisotopic (exact) mass is 534 g/mol. The van der Waals surface area contributed by atoms with Crippen LogP contribution in [0.15, 0.2) is 65.3 Å². The summed E-state index contributed by atoms with van der Waals surface area (Å²) in [6.45, 7) is 0.660. The van der Waals surface area contributed by atoms with Gasteiger partial charge in [0, 0.05) is 18.7 Å². The van der Waals surface area contributed by atoms with Gasteiger partial charge in [0.15, 0.2) is 5.96 Å². The SMILES string of the molecule is O=C(N[C@@H](CN1C(=O)N/C(=C/c2ccc(C(=O)NC3=NCCCN3)cc2)C1=O)C(=O)O)OCc1ccccc1. The quantitative estimate of drug-likeness (QED) is 0.246. The molecule has 0 radical (unpaired) electrons. The smallest absolute Gasteiger partial charge is 0.408 e. The number of amides is 5. The van der Waals surface area contributed by atoms with E-state index in [4.69, 9.17) is 4.74 Å². The zero-order valence-electron chi connectivity index (χ0n) is 20.7. The lowest BCUT2D eigenvalue weighted by molar-refractivity contribution is -0.140. The first-order valence-electron chi connectivity index (χ1n) is 12.0. The van der Waals surface area contributed by atoms with Gasteiger partial charge in [-0.05, 0) is 35.8 Å². The molecular weight excluding hydrogens is 508 g/mol. The molecule has 0 spiro atoms. The van der Waals surface area contributed by atoms with Crippen LogP contribution >= 0.6 is 0 Å². The van der Waals surface area contributed by atoms with E-state index in [1.54, 1.807) is 54.6 Å². The minimum absolute atomic E-state index is 0.0822. The van der Waals surface area contributed by atoms with Crippen molar-refractivity contribution in [1.82, 2.24) is 26.2 Å². The second-order valence-corrected chi connectivity index (χ2v) is 8.59. The number of aliphatic imine (C=N–C) groups is 1. The first-order chi connectivity index (χ1) is 18.8. The first-order valence-corrected chi connectivity index (χ1v) is 12.0. The lowest BCUT2D eigenvalue weighted by atomic mass is 10.1. The van der Waals surface area contributed by atoms with Gasteiger partial charge in [-0.2, -0.15) is 0 Å². The Hall–Kier alpha value is -5.20. The molecule has 202 valence electrons. The molecule has 0 bridgehead atoms. The largest absolute Gasteiger partial charge is 0.480 e. The maximum atomic E-state index is 12.8. The summed E-state index contributed by atoms with van der Waals surface area (Å²) in [4.78, 5) is 66.3. The zero-order valence-corrected chi connectivity index (χ0v) is 20.7. The van der Waals surface area contributed by atoms with Gasteiger partial charge < -0.3 is 25.8 Å². The number of guanidine groups is 1. The van der Waals surface area contributed by atoms with Crippen molar-refractivity contribution in [2.45, 2.75) is 19.1 Å². The van der Waals surface area contributed by atoms with Gasteiger partial charge in [0.2, 0.25) is 0 Å². The Kier molecular flexibility index (Phi) is 8.51. The third-order valence-corrected chi connectivity index (χ3v) is 5.74. The van der Waals surface area contributed by atoms with Gasteiger partial charge in [0.25, 0.3) is 11.8 Å². The van der Waals surface area contributed by atoms with Crippen LogP contribution in [0.2, 0.25) is 0 Å². The van der Waals surface area contributed by atoms with Crippen molar-refractivity contribution in [3.8, 4) is 0 Å². The molecule has 0 aromatic heterocycles. The topological polar surface area (TPSA) is 179 Å². The van der Waals surface area contributed by atoms with Gasteiger partial charge in [-0.3, -0.25) is 24.8 Å². The van der Waals surface area contributed by atoms with Crippen molar-refractivity contribution in [2.24, 2.45) is 4.99 Å². The van der Waals surface area contributed by atoms with Crippen LogP contribution in [0.4, 0.5) is 9.59 Å². The summed E-state index contributed by atoms with van der Waals surface area (Å²) in [7, 11) is 0. The highest BCUT2D eigenvalue weighted by Gasteiger charge is 2.37. The van der Waals surface area contributed by atoms with Crippen molar-refractivity contribution in [1.29, 1.82) is 0 Å². The molecule has 4 rings (SSSR count). The van der Waals surface area contributed by atoms with E-state index in [2.05, 4.69) is 26.3 Å². The van der Waals surface area contributed by atoms with Crippen LogP contribution in [0.3, 0.4) is 0 Å². The fraction of sp³-hybridized carbons (Fsp3) is 0.231. The lowest BCUT2D eigenvalue weighted by Crippen LogP contribution is -2.50. The molecule has 0 unspecified atom stereocenters. The number of hydrogen-bond acceptors (Lipinski definition) is 8. The number of carbonyl (C=O) groups excluding carboxylic acids is 4. The molecule has 0 saturated carbocycles. The van der Waals surface area contributed by atoms with E-state index >= 15 is 0 Å². The maximum Gasteiger partial charge on any atom is 0.408 e. The number of rotatable bonds is 8. The van der Waals surface area contributed by atoms with E-state index in [1.165, 1.54) is 6.08 Å². The summed E-state index contributed by atoms with van der Waals surface area (Å²) in [5.41, 5.74) is 1.49. The standard InChI is InChI=1S/C26H26N6O7/c33-21(31-24-27-11-4-12-28-24)18-9-7-16(8-10-18)13-19-22(34)32(25(37)29-19)14-20(23(35)36)30-26(38)39-15-17-5-2-1-3-6-17/h1-3,5-10,13,20H,4,11-12,14-15H2,(H,29,37)(H,30,38)(H,35,36)(H2,27,28,31,33)/b19-13+/t20-/m0/s1. The molecular formula is C26H26N6O7. The minimum Gasteiger partial charge on any atom is -0.480 e. The number of nitrogens with zero attached hydrogens (tertiary/aromatic N) is 2. The highest BCUT2D eigenvalue weighted by Crippen LogP contribution is 2.15. The molecule has 2 heterocycles. The summed E-state index contributed by atoms with van der Waals surface area (Å²) < 4.78 is 5.03. The summed E-state index contributed by atoms with van der Waals surface area (Å²) in [5.74, 6) is -2.16. The number of urea groups is 1. The molecule has 2 aliphatic heterocycles. The molecule has 39 heavy (non-hydrogen) atoms. The number of nitrogens with one attached hydrogen (secondary N) is 4. The van der Waals surface area contributed by atoms with Crippen LogP contribution in [0.25, 0.3) is 6.08 Å². The van der Waals surface area contributed by atoms with E-state index in [1.807, 2.05) is 0 Å². The van der Waals surface area contributed by atoms with Crippen LogP contribution in [0.5, 0.6) is 0 Å². The average molecular weight is 535 g/mol. The summed E-state index contributed by atoms with van der Waals surface area (Å²) in [6, 6.07) is 12.6. The van der Waals surface area contributed by atoms with E-state index in [9.17, 15) is 29.1 Å². The molecule has 1 fully saturated rings. The van der Waals surface area contributed by atoms with Crippen LogP contribution in [-0.4, -0.2) is 71.6 Å². The van der Waals surface area contributed by atoms with Crippen molar-refractivity contribution in [3.05, 3.63) is 77.0 Å². The van der Waals surface area contributed by atoms with Crippen LogP contribution in [0.1, 0.15) is 27.9 Å². The first kappa shape index (κ1) is 26.9. The Labute approximate surface area is 222 Å². The second kappa shape index (κ2) is 12.4. The van der Waals surface area contributed by atoms with Gasteiger partial charge in [-0.15, -0.1) is 0 Å². The Morgan fingerprint density at radius 1 is 1.10 bits per heavy atom. The number of carbonyl (C=O) groups is 5. The molecule has 0 aliphatic carbocycles. The van der Waals surface area contributed by atoms with Crippen LogP contribution < -0.4 is 21.3 Å². The van der Waals surface area contributed by atoms with Gasteiger partial charge in [-0.1, -0.05) is 42.5 Å². The fourth-order valence-corrected chi connectivity index (χ4v) is 3.71. The van der Waals surface area contributed by atoms with Crippen LogP contribution in [0, 0.1) is 0 Å². The molecule has 1 saturated heterocycles. The molecule has 2 aromatic carbocycles. The summed E-state index contributed by atoms with van der Waals surface area (Å²) in [6.07, 6.45) is 1.28. The van der Waals surface area contributed by atoms with Gasteiger partial charge in [-0.25, -0.2) is 14.4 Å². The van der Waals surface area contributed by atoms with Crippen molar-refractivity contribution in [2.75, 3.05) is 19.6 Å². The Balaban J connectivity index is 1.35. The van der Waals surface area contributed by atoms with Gasteiger partial charge in [0.1, 0.15) is 18.3 Å². The van der Waals surface area contributed by atoms with E-state index < -0.39 is 36.6 Å². The Bertz CT molecular complexity index is 1320. The highest BCUT2D eigenvalue weighted by molar-refractivity contribution is 6.14. The molecule has 1 atom stereocenters. The number of aliphatic carboxylic acids is 1. The predicted molar refractivity (Wildman–Crippen MR) is 138 cm³/mol. The van der Waals surface area contributed by atoms with Crippen molar-refractivity contribution >= 4 is 41.9 Å². The molecule has 5 amide bonds. The van der Waals surface area contributed by atoms with Gasteiger partial charge >= 0.3 is 18.1 Å². The Morgan fingerprint density at radius 3 is 2.51 bits per heavy atom. The maximum absolute atomic E-state index is 12.8. The predicted octanol–water partition coefficient (Wildman–Crippen LogP) is 1.04. The summed E-state index contributed by atoms with van der Waals surface area (Å²) in [5, 5.41) is 19.8. The van der Waals surface area contributed by atoms with Crippen molar-refractivity contribution in [3.63, 3.8) is 0 Å². The molecule has 2 aromatic rings. The zero-order chi connectivity index (χ0) is 27.8. The number of hydrogen-bond donors (Lipinski definition) is 5. The third kappa shape index (κ3) is 7.19. The number of alkyl carbamates (subject to hydrolysis) is 1. The fourth-order valence-electron chi connectivity index (χ4n) is 3.71. The van der Waals surface area contributed by atoms with Crippen LogP contribution in [-0.2, 0) is 20.9 Å². The Morgan fingerprint density at radius 2 is 1.85 bits per heavy atom. The molecule has 5 N–H and O–H groups in total. The second-order valence-electron chi connectivity index (χ2n) is 8.59. The van der Waals surface area contributed by atoms with Crippen molar-refractivity contribution < 1.29 is 33.8 Å². The normalized spacial score (nSPS) is 16.6. The van der Waals surface area contributed by atoms with E-state index in [-0.39, 0.29) is 18.2 Å². The molecule has 2 aliphatic rings. The number of benzene rings is 2. The van der Waals surface area contributed by atoms with E-state index in [0.29, 0.717) is 34.1 Å². The van der Waals surface area contributed by atoms with Gasteiger partial charge in [0.05, 0.1) is 6.54 Å². The lowest BCUT2D eigenvalue weighted by Gasteiger charge is -2.19. The summed E-state index contributed by atoms with van der Waals surface area (Å²) >= 11 is 0.